The van der Waals surface area contributed by atoms with Crippen molar-refractivity contribution in [2.75, 3.05) is 5.32 Å². The van der Waals surface area contributed by atoms with Crippen LogP contribution in [0.25, 0.3) is 0 Å². The van der Waals surface area contributed by atoms with E-state index in [0.717, 1.165) is 16.6 Å². The Balaban J connectivity index is 2.11. The van der Waals surface area contributed by atoms with Crippen molar-refractivity contribution in [2.45, 2.75) is 19.4 Å². The molecule has 1 aliphatic carbocycles. The quantitative estimate of drug-likeness (QED) is 0.929. The molecule has 124 valence electrons. The molecule has 3 rings (SSSR count). The molecule has 3 atom stereocenters. The van der Waals surface area contributed by atoms with Crippen molar-refractivity contribution >= 4 is 5.82 Å². The summed E-state index contributed by atoms with van der Waals surface area (Å²) in [6.45, 7) is 2.18. The van der Waals surface area contributed by atoms with Crippen molar-refractivity contribution in [2.24, 2.45) is 25.9 Å². The van der Waals surface area contributed by atoms with Crippen LogP contribution in [0.3, 0.4) is 0 Å². The maximum absolute atomic E-state index is 12.2. The zero-order chi connectivity index (χ0) is 17.4. The van der Waals surface area contributed by atoms with E-state index < -0.39 is 11.2 Å². The highest BCUT2D eigenvalue weighted by molar-refractivity contribution is 5.53. The van der Waals surface area contributed by atoms with Crippen LogP contribution in [0.15, 0.2) is 39.9 Å². The van der Waals surface area contributed by atoms with Gasteiger partial charge >= 0.3 is 5.69 Å². The maximum Gasteiger partial charge on any atom is 0.332 e. The van der Waals surface area contributed by atoms with Gasteiger partial charge in [-0.1, -0.05) is 37.3 Å². The highest BCUT2D eigenvalue weighted by atomic mass is 16.2. The number of hydrogen-bond acceptors (Lipinski definition) is 4. The van der Waals surface area contributed by atoms with Gasteiger partial charge in [0.15, 0.2) is 5.56 Å². The zero-order valence-electron chi connectivity index (χ0n) is 14.0. The lowest BCUT2D eigenvalue weighted by Gasteiger charge is -2.23. The Labute approximate surface area is 140 Å². The lowest BCUT2D eigenvalue weighted by molar-refractivity contribution is 0.611. The Morgan fingerprint density at radius 3 is 2.38 bits per heavy atom. The molecule has 6 nitrogen and oxygen atoms in total. The Morgan fingerprint density at radius 1 is 1.21 bits per heavy atom. The number of benzene rings is 1. The Hall–Kier alpha value is -2.81. The normalized spacial score (nSPS) is 20.2. The number of anilines is 1. The van der Waals surface area contributed by atoms with Gasteiger partial charge in [-0.2, -0.15) is 5.26 Å². The van der Waals surface area contributed by atoms with Crippen molar-refractivity contribution in [3.8, 4) is 6.07 Å². The first-order valence-corrected chi connectivity index (χ1v) is 7.97. The van der Waals surface area contributed by atoms with Gasteiger partial charge in [-0.25, -0.2) is 4.79 Å². The summed E-state index contributed by atoms with van der Waals surface area (Å²) in [4.78, 5) is 24.5. The van der Waals surface area contributed by atoms with Gasteiger partial charge in [0.2, 0.25) is 0 Å². The Morgan fingerprint density at radius 2 is 1.83 bits per heavy atom. The molecule has 1 aliphatic rings. The summed E-state index contributed by atoms with van der Waals surface area (Å²) >= 11 is 0. The van der Waals surface area contributed by atoms with Gasteiger partial charge in [0.1, 0.15) is 11.9 Å². The average Bonchev–Trinajstić information content (AvgIpc) is 3.32. The molecule has 0 radical (unpaired) electrons. The molecule has 2 aromatic rings. The summed E-state index contributed by atoms with van der Waals surface area (Å²) in [6.07, 6.45) is 1.08. The first kappa shape index (κ1) is 16.1. The topological polar surface area (TPSA) is 79.8 Å². The third-order valence-electron chi connectivity index (χ3n) is 4.83. The summed E-state index contributed by atoms with van der Waals surface area (Å²) in [5.74, 6) is 1.27. The summed E-state index contributed by atoms with van der Waals surface area (Å²) in [6, 6.07) is 11.8. The maximum atomic E-state index is 12.2. The molecule has 1 fully saturated rings. The molecule has 0 saturated heterocycles. The second kappa shape index (κ2) is 6.00. The smallest absolute Gasteiger partial charge is 0.332 e. The Bertz CT molecular complexity index is 921. The molecule has 1 saturated carbocycles. The van der Waals surface area contributed by atoms with E-state index in [1.165, 1.54) is 11.6 Å². The molecule has 24 heavy (non-hydrogen) atoms. The van der Waals surface area contributed by atoms with Crippen LogP contribution in [0.1, 0.15) is 30.5 Å². The van der Waals surface area contributed by atoms with Crippen molar-refractivity contribution in [1.29, 1.82) is 5.26 Å². The second-order valence-electron chi connectivity index (χ2n) is 6.45. The highest BCUT2D eigenvalue weighted by Crippen LogP contribution is 2.48. The average molecular weight is 324 g/mol. The lowest BCUT2D eigenvalue weighted by atomic mass is 10.0. The number of nitrogens with zero attached hydrogens (tertiary/aromatic N) is 3. The van der Waals surface area contributed by atoms with E-state index in [2.05, 4.69) is 12.2 Å². The third kappa shape index (κ3) is 2.62. The molecule has 6 heteroatoms. The summed E-state index contributed by atoms with van der Waals surface area (Å²) < 4.78 is 2.30. The first-order chi connectivity index (χ1) is 11.5. The predicted molar refractivity (Wildman–Crippen MR) is 91.7 cm³/mol. The number of aromatic nitrogens is 2. The molecule has 1 heterocycles. The molecule has 1 aromatic carbocycles. The van der Waals surface area contributed by atoms with Gasteiger partial charge in [0.25, 0.3) is 5.56 Å². The highest BCUT2D eigenvalue weighted by Gasteiger charge is 2.40. The van der Waals surface area contributed by atoms with E-state index in [1.807, 2.05) is 36.4 Å². The van der Waals surface area contributed by atoms with E-state index in [9.17, 15) is 14.9 Å². The predicted octanol–water partition coefficient (Wildman–Crippen LogP) is 1.76. The van der Waals surface area contributed by atoms with Crippen LogP contribution >= 0.6 is 0 Å². The van der Waals surface area contributed by atoms with Crippen molar-refractivity contribution < 1.29 is 0 Å². The van der Waals surface area contributed by atoms with Gasteiger partial charge < -0.3 is 5.32 Å². The number of nitriles is 1. The number of rotatable bonds is 4. The molecule has 0 bridgehead atoms. The lowest BCUT2D eigenvalue weighted by Crippen LogP contribution is -2.40. The fraction of sp³-hybridized carbons (Fsp3) is 0.389. The molecular weight excluding hydrogens is 304 g/mol. The minimum absolute atomic E-state index is 0.0335. The van der Waals surface area contributed by atoms with Crippen molar-refractivity contribution in [3.63, 3.8) is 0 Å². The van der Waals surface area contributed by atoms with Crippen LogP contribution in [0.4, 0.5) is 5.82 Å². The third-order valence-corrected chi connectivity index (χ3v) is 4.83. The molecule has 1 aromatic heterocycles. The molecule has 0 amide bonds. The fourth-order valence-corrected chi connectivity index (χ4v) is 3.17. The van der Waals surface area contributed by atoms with Gasteiger partial charge in [-0.3, -0.25) is 13.9 Å². The van der Waals surface area contributed by atoms with E-state index in [0.29, 0.717) is 17.7 Å². The van der Waals surface area contributed by atoms with E-state index >= 15 is 0 Å². The van der Waals surface area contributed by atoms with Gasteiger partial charge in [0.05, 0.1) is 6.04 Å². The van der Waals surface area contributed by atoms with E-state index in [-0.39, 0.29) is 11.6 Å². The summed E-state index contributed by atoms with van der Waals surface area (Å²) in [5, 5.41) is 12.7. The zero-order valence-corrected chi connectivity index (χ0v) is 14.0. The van der Waals surface area contributed by atoms with Gasteiger partial charge in [0, 0.05) is 14.1 Å². The largest absolute Gasteiger partial charge is 0.363 e. The van der Waals surface area contributed by atoms with Crippen LogP contribution in [-0.2, 0) is 14.1 Å². The van der Waals surface area contributed by atoms with Crippen LogP contribution < -0.4 is 16.6 Å². The summed E-state index contributed by atoms with van der Waals surface area (Å²) in [7, 11) is 2.95. The van der Waals surface area contributed by atoms with Crippen LogP contribution in [-0.4, -0.2) is 9.13 Å². The minimum atomic E-state index is -0.571. The molecule has 3 unspecified atom stereocenters. The van der Waals surface area contributed by atoms with Crippen LogP contribution in [0, 0.1) is 23.2 Å². The Kier molecular flexibility index (Phi) is 4.02. The molecule has 0 spiro atoms. The van der Waals surface area contributed by atoms with Gasteiger partial charge in [-0.05, 0) is 23.8 Å². The van der Waals surface area contributed by atoms with Crippen molar-refractivity contribution in [1.82, 2.24) is 9.13 Å². The SMILES string of the molecule is CC1CC1C(Nc1c(C#N)c(=O)n(C)c(=O)n1C)c1ccccc1. The van der Waals surface area contributed by atoms with Crippen LogP contribution in [0.2, 0.25) is 0 Å². The molecule has 1 N–H and O–H groups in total. The van der Waals surface area contributed by atoms with Gasteiger partial charge in [-0.15, -0.1) is 0 Å². The fourth-order valence-electron chi connectivity index (χ4n) is 3.17. The number of hydrogen-bond donors (Lipinski definition) is 1. The standard InChI is InChI=1S/C18H20N4O2/c1-11-9-13(11)15(12-7-5-4-6-8-12)20-16-14(10-19)17(23)22(3)18(24)21(16)2/h4-8,11,13,15,20H,9H2,1-3H3. The van der Waals surface area contributed by atoms with E-state index in [4.69, 9.17) is 0 Å². The second-order valence-corrected chi connectivity index (χ2v) is 6.45. The van der Waals surface area contributed by atoms with Crippen molar-refractivity contribution in [3.05, 3.63) is 62.3 Å². The molecule has 0 aliphatic heterocycles. The van der Waals surface area contributed by atoms with Crippen LogP contribution in [0.5, 0.6) is 0 Å². The monoisotopic (exact) mass is 324 g/mol. The summed E-state index contributed by atoms with van der Waals surface area (Å²) in [5.41, 5.74) is 0.0358. The molecular formula is C18H20N4O2. The first-order valence-electron chi connectivity index (χ1n) is 7.97. The van der Waals surface area contributed by atoms with E-state index in [1.54, 1.807) is 7.05 Å². The minimum Gasteiger partial charge on any atom is -0.363 e. The number of nitrogens with one attached hydrogen (secondary N) is 1.